The Labute approximate surface area is 145 Å². The molecule has 3 rings (SSSR count). The highest BCUT2D eigenvalue weighted by molar-refractivity contribution is 7.13. The van der Waals surface area contributed by atoms with E-state index in [1.165, 1.54) is 11.3 Å². The Balaban J connectivity index is 1.65. The van der Waals surface area contributed by atoms with Crippen LogP contribution in [0.15, 0.2) is 60.0 Å². The van der Waals surface area contributed by atoms with Gasteiger partial charge in [-0.2, -0.15) is 0 Å². The van der Waals surface area contributed by atoms with Crippen molar-refractivity contribution < 1.29 is 9.53 Å². The zero-order chi connectivity index (χ0) is 16.8. The lowest BCUT2D eigenvalue weighted by atomic mass is 10.2. The summed E-state index contributed by atoms with van der Waals surface area (Å²) < 4.78 is 5.78. The van der Waals surface area contributed by atoms with Gasteiger partial charge in [0.1, 0.15) is 23.1 Å². The van der Waals surface area contributed by atoms with Crippen LogP contribution >= 0.6 is 11.3 Å². The van der Waals surface area contributed by atoms with E-state index >= 15 is 0 Å². The van der Waals surface area contributed by atoms with Crippen LogP contribution in [0, 0.1) is 0 Å². The van der Waals surface area contributed by atoms with Crippen molar-refractivity contribution in [2.24, 2.45) is 0 Å². The minimum atomic E-state index is -0.136. The van der Waals surface area contributed by atoms with Crippen molar-refractivity contribution in [1.82, 2.24) is 10.3 Å². The van der Waals surface area contributed by atoms with E-state index in [2.05, 4.69) is 10.3 Å². The Hall–Kier alpha value is -2.66. The van der Waals surface area contributed by atoms with Crippen LogP contribution < -0.4 is 10.1 Å². The number of nitrogens with one attached hydrogen (secondary N) is 1. The van der Waals surface area contributed by atoms with Crippen molar-refractivity contribution in [3.8, 4) is 16.3 Å². The number of rotatable bonds is 6. The third-order valence-corrected chi connectivity index (χ3v) is 4.32. The first kappa shape index (κ1) is 16.2. The van der Waals surface area contributed by atoms with E-state index in [9.17, 15) is 4.79 Å². The Bertz CT molecular complexity index is 798. The Morgan fingerprint density at radius 3 is 2.58 bits per heavy atom. The Kier molecular flexibility index (Phi) is 5.23. The standard InChI is InChI=1S/C19H18N2O2S/c1-2-20-18(22)17-13-24-19(21-17)15-8-10-16(11-9-15)23-12-14-6-4-3-5-7-14/h3-11,13H,2,12H2,1H3,(H,20,22). The molecule has 1 heterocycles. The number of hydrogen-bond donors (Lipinski definition) is 1. The van der Waals surface area contributed by atoms with Gasteiger partial charge >= 0.3 is 0 Å². The van der Waals surface area contributed by atoms with Crippen molar-refractivity contribution in [3.05, 3.63) is 71.2 Å². The number of hydrogen-bond acceptors (Lipinski definition) is 4. The van der Waals surface area contributed by atoms with Crippen LogP contribution in [0.5, 0.6) is 5.75 Å². The number of aromatic nitrogens is 1. The summed E-state index contributed by atoms with van der Waals surface area (Å²) in [5.41, 5.74) is 2.57. The van der Waals surface area contributed by atoms with Gasteiger partial charge in [-0.3, -0.25) is 4.79 Å². The minimum Gasteiger partial charge on any atom is -0.489 e. The zero-order valence-corrected chi connectivity index (χ0v) is 14.2. The van der Waals surface area contributed by atoms with Gasteiger partial charge in [0.2, 0.25) is 0 Å². The normalized spacial score (nSPS) is 10.4. The van der Waals surface area contributed by atoms with Gasteiger partial charge < -0.3 is 10.1 Å². The molecular weight excluding hydrogens is 320 g/mol. The number of carbonyl (C=O) groups is 1. The van der Waals surface area contributed by atoms with Crippen LogP contribution in [-0.4, -0.2) is 17.4 Å². The maximum absolute atomic E-state index is 11.8. The summed E-state index contributed by atoms with van der Waals surface area (Å²) in [5, 5.41) is 5.36. The smallest absolute Gasteiger partial charge is 0.270 e. The molecule has 1 aromatic heterocycles. The molecule has 2 aromatic carbocycles. The fraction of sp³-hybridized carbons (Fsp3) is 0.158. The van der Waals surface area contributed by atoms with Crippen LogP contribution in [0.4, 0.5) is 0 Å². The lowest BCUT2D eigenvalue weighted by Gasteiger charge is -2.06. The molecule has 0 spiro atoms. The molecular formula is C19H18N2O2S. The number of benzene rings is 2. The highest BCUT2D eigenvalue weighted by atomic mass is 32.1. The SMILES string of the molecule is CCNC(=O)c1csc(-c2ccc(OCc3ccccc3)cc2)n1. The first-order chi connectivity index (χ1) is 11.8. The van der Waals surface area contributed by atoms with E-state index in [1.807, 2.05) is 61.5 Å². The molecule has 0 aliphatic rings. The summed E-state index contributed by atoms with van der Waals surface area (Å²) in [4.78, 5) is 16.2. The van der Waals surface area contributed by atoms with Gasteiger partial charge in [-0.05, 0) is 36.8 Å². The minimum absolute atomic E-state index is 0.136. The highest BCUT2D eigenvalue weighted by Crippen LogP contribution is 2.26. The summed E-state index contributed by atoms with van der Waals surface area (Å²) >= 11 is 1.46. The third-order valence-electron chi connectivity index (χ3n) is 3.42. The van der Waals surface area contributed by atoms with Gasteiger partial charge in [0, 0.05) is 17.5 Å². The Morgan fingerprint density at radius 1 is 1.12 bits per heavy atom. The Morgan fingerprint density at radius 2 is 1.88 bits per heavy atom. The van der Waals surface area contributed by atoms with Crippen molar-refractivity contribution in [1.29, 1.82) is 0 Å². The summed E-state index contributed by atoms with van der Waals surface area (Å²) in [6.07, 6.45) is 0. The molecule has 0 aliphatic carbocycles. The molecule has 0 atom stereocenters. The molecule has 24 heavy (non-hydrogen) atoms. The molecule has 0 radical (unpaired) electrons. The van der Waals surface area contributed by atoms with Crippen LogP contribution in [0.25, 0.3) is 10.6 Å². The molecule has 0 unspecified atom stereocenters. The van der Waals surface area contributed by atoms with Crippen molar-refractivity contribution in [2.75, 3.05) is 6.54 Å². The fourth-order valence-electron chi connectivity index (χ4n) is 2.20. The van der Waals surface area contributed by atoms with Gasteiger partial charge in [0.15, 0.2) is 0 Å². The third kappa shape index (κ3) is 4.00. The van der Waals surface area contributed by atoms with E-state index in [0.717, 1.165) is 21.9 Å². The molecule has 0 saturated heterocycles. The number of ether oxygens (including phenoxy) is 1. The van der Waals surface area contributed by atoms with E-state index in [-0.39, 0.29) is 5.91 Å². The van der Waals surface area contributed by atoms with Gasteiger partial charge in [-0.1, -0.05) is 30.3 Å². The molecule has 122 valence electrons. The topological polar surface area (TPSA) is 51.2 Å². The summed E-state index contributed by atoms with van der Waals surface area (Å²) in [6.45, 7) is 3.03. The molecule has 1 amide bonds. The number of amides is 1. The quantitative estimate of drug-likeness (QED) is 0.735. The molecule has 0 saturated carbocycles. The van der Waals surface area contributed by atoms with Gasteiger partial charge in [0.05, 0.1) is 0 Å². The second kappa shape index (κ2) is 7.75. The largest absolute Gasteiger partial charge is 0.489 e. The molecule has 0 fully saturated rings. The maximum atomic E-state index is 11.8. The molecule has 5 heteroatoms. The average Bonchev–Trinajstić information content (AvgIpc) is 3.12. The zero-order valence-electron chi connectivity index (χ0n) is 13.4. The van der Waals surface area contributed by atoms with E-state index in [4.69, 9.17) is 4.74 Å². The van der Waals surface area contributed by atoms with E-state index in [1.54, 1.807) is 5.38 Å². The predicted octanol–water partition coefficient (Wildman–Crippen LogP) is 4.14. The van der Waals surface area contributed by atoms with E-state index in [0.29, 0.717) is 18.8 Å². The van der Waals surface area contributed by atoms with Crippen LogP contribution in [0.2, 0.25) is 0 Å². The van der Waals surface area contributed by atoms with Crippen molar-refractivity contribution in [2.45, 2.75) is 13.5 Å². The fourth-order valence-corrected chi connectivity index (χ4v) is 3.00. The first-order valence-corrected chi connectivity index (χ1v) is 8.65. The molecule has 0 bridgehead atoms. The first-order valence-electron chi connectivity index (χ1n) is 7.77. The van der Waals surface area contributed by atoms with Gasteiger partial charge in [-0.15, -0.1) is 11.3 Å². The average molecular weight is 338 g/mol. The summed E-state index contributed by atoms with van der Waals surface area (Å²) in [7, 11) is 0. The second-order valence-corrected chi connectivity index (χ2v) is 6.05. The second-order valence-electron chi connectivity index (χ2n) is 5.20. The van der Waals surface area contributed by atoms with Crippen LogP contribution in [-0.2, 0) is 6.61 Å². The van der Waals surface area contributed by atoms with E-state index < -0.39 is 0 Å². The molecule has 4 nitrogen and oxygen atoms in total. The van der Waals surface area contributed by atoms with Crippen molar-refractivity contribution in [3.63, 3.8) is 0 Å². The monoisotopic (exact) mass is 338 g/mol. The molecule has 1 N–H and O–H groups in total. The summed E-state index contributed by atoms with van der Waals surface area (Å²) in [5.74, 6) is 0.672. The molecule has 0 aliphatic heterocycles. The van der Waals surface area contributed by atoms with Crippen LogP contribution in [0.3, 0.4) is 0 Å². The lowest BCUT2D eigenvalue weighted by Crippen LogP contribution is -2.22. The van der Waals surface area contributed by atoms with Gasteiger partial charge in [0.25, 0.3) is 5.91 Å². The number of thiazole rings is 1. The van der Waals surface area contributed by atoms with Gasteiger partial charge in [-0.25, -0.2) is 4.98 Å². The van der Waals surface area contributed by atoms with Crippen molar-refractivity contribution >= 4 is 17.2 Å². The lowest BCUT2D eigenvalue weighted by molar-refractivity contribution is 0.0951. The molecule has 3 aromatic rings. The number of carbonyl (C=O) groups excluding carboxylic acids is 1. The summed E-state index contributed by atoms with van der Waals surface area (Å²) in [6, 6.07) is 17.8. The van der Waals surface area contributed by atoms with Crippen LogP contribution in [0.1, 0.15) is 23.0 Å². The maximum Gasteiger partial charge on any atom is 0.270 e. The predicted molar refractivity (Wildman–Crippen MR) is 96.3 cm³/mol. The highest BCUT2D eigenvalue weighted by Gasteiger charge is 2.10. The number of nitrogens with zero attached hydrogens (tertiary/aromatic N) is 1.